The van der Waals surface area contributed by atoms with Crippen molar-refractivity contribution in [2.75, 3.05) is 39.8 Å². The van der Waals surface area contributed by atoms with E-state index < -0.39 is 18.2 Å². The normalized spacial score (nSPS) is 17.5. The molecule has 7 nitrogen and oxygen atoms in total. The van der Waals surface area contributed by atoms with Crippen LogP contribution in [0.1, 0.15) is 17.2 Å². The molecule has 1 atom stereocenters. The first kappa shape index (κ1) is 19.4. The molecular formula is C22H24N2O5. The highest BCUT2D eigenvalue weighted by molar-refractivity contribution is 5.79. The lowest BCUT2D eigenvalue weighted by molar-refractivity contribution is -0.149. The third kappa shape index (κ3) is 3.83. The Morgan fingerprint density at radius 2 is 1.55 bits per heavy atom. The number of hydrogen-bond acceptors (Lipinski definition) is 5. The third-order valence-electron chi connectivity index (χ3n) is 5.61. The van der Waals surface area contributed by atoms with Gasteiger partial charge in [-0.25, -0.2) is 9.59 Å². The number of carboxylic acids is 1. The van der Waals surface area contributed by atoms with Crippen molar-refractivity contribution in [2.24, 2.45) is 0 Å². The van der Waals surface area contributed by atoms with Gasteiger partial charge in [-0.3, -0.25) is 4.90 Å². The number of carboxylic acid groups (broad SMARTS) is 1. The van der Waals surface area contributed by atoms with Gasteiger partial charge in [-0.05, 0) is 11.1 Å². The van der Waals surface area contributed by atoms with E-state index in [9.17, 15) is 9.59 Å². The summed E-state index contributed by atoms with van der Waals surface area (Å²) in [6.45, 7) is 2.45. The summed E-state index contributed by atoms with van der Waals surface area (Å²) >= 11 is 0. The predicted molar refractivity (Wildman–Crippen MR) is 107 cm³/mol. The van der Waals surface area contributed by atoms with E-state index in [1.807, 2.05) is 41.3 Å². The van der Waals surface area contributed by atoms with Crippen LogP contribution in [0.15, 0.2) is 48.5 Å². The molecule has 0 saturated carbocycles. The summed E-state index contributed by atoms with van der Waals surface area (Å²) in [7, 11) is 1.39. The average molecular weight is 396 g/mol. The molecule has 152 valence electrons. The molecule has 1 heterocycles. The van der Waals surface area contributed by atoms with Gasteiger partial charge in [0.2, 0.25) is 0 Å². The van der Waals surface area contributed by atoms with Crippen LogP contribution >= 0.6 is 0 Å². The van der Waals surface area contributed by atoms with Gasteiger partial charge in [0.15, 0.2) is 12.2 Å². The number of amides is 1. The van der Waals surface area contributed by atoms with E-state index in [-0.39, 0.29) is 6.09 Å². The molecule has 2 aromatic rings. The van der Waals surface area contributed by atoms with Crippen LogP contribution < -0.4 is 0 Å². The second-order valence-corrected chi connectivity index (χ2v) is 7.29. The van der Waals surface area contributed by atoms with E-state index in [0.29, 0.717) is 32.7 Å². The lowest BCUT2D eigenvalue weighted by Gasteiger charge is -2.35. The maximum Gasteiger partial charge on any atom is 0.410 e. The molecule has 0 aromatic heterocycles. The Labute approximate surface area is 169 Å². The van der Waals surface area contributed by atoms with Crippen LogP contribution in [0, 0.1) is 0 Å². The number of fused-ring (bicyclic) bond motifs is 3. The van der Waals surface area contributed by atoms with Crippen molar-refractivity contribution in [3.05, 3.63) is 59.7 Å². The number of ether oxygens (including phenoxy) is 2. The van der Waals surface area contributed by atoms with E-state index in [0.717, 1.165) is 22.3 Å². The minimum atomic E-state index is -0.979. The molecule has 1 fully saturated rings. The number of rotatable bonds is 5. The Bertz CT molecular complexity index is 862. The fraction of sp³-hybridized carbons (Fsp3) is 0.364. The van der Waals surface area contributed by atoms with E-state index in [2.05, 4.69) is 12.1 Å². The number of hydrogen-bond donors (Lipinski definition) is 1. The monoisotopic (exact) mass is 396 g/mol. The van der Waals surface area contributed by atoms with Crippen molar-refractivity contribution < 1.29 is 24.2 Å². The maximum absolute atomic E-state index is 12.8. The summed E-state index contributed by atoms with van der Waals surface area (Å²) in [4.78, 5) is 27.6. The number of carbonyl (C=O) groups excluding carboxylic acids is 1. The van der Waals surface area contributed by atoms with Crippen molar-refractivity contribution >= 4 is 12.1 Å². The fourth-order valence-corrected chi connectivity index (χ4v) is 4.01. The SMILES string of the molecule is COC(CN1CCN(C(=O)OC2c3ccccc3-c3ccccc32)CC1)C(=O)O. The molecule has 2 aromatic carbocycles. The molecular weight excluding hydrogens is 372 g/mol. The van der Waals surface area contributed by atoms with E-state index in [1.165, 1.54) is 7.11 Å². The number of methoxy groups -OCH3 is 1. The topological polar surface area (TPSA) is 79.3 Å². The smallest absolute Gasteiger partial charge is 0.410 e. The molecule has 1 amide bonds. The van der Waals surface area contributed by atoms with Gasteiger partial charge in [-0.1, -0.05) is 48.5 Å². The Kier molecular flexibility index (Phi) is 5.51. The van der Waals surface area contributed by atoms with Gasteiger partial charge in [-0.2, -0.15) is 0 Å². The minimum Gasteiger partial charge on any atom is -0.479 e. The molecule has 4 rings (SSSR count). The molecule has 0 bridgehead atoms. The molecule has 2 aliphatic rings. The van der Waals surface area contributed by atoms with E-state index in [1.54, 1.807) is 4.90 Å². The van der Waals surface area contributed by atoms with Crippen LogP contribution in [0.25, 0.3) is 11.1 Å². The Hall–Kier alpha value is -2.90. The quantitative estimate of drug-likeness (QED) is 0.837. The van der Waals surface area contributed by atoms with Gasteiger partial charge in [0.1, 0.15) is 0 Å². The Morgan fingerprint density at radius 1 is 1.00 bits per heavy atom. The van der Waals surface area contributed by atoms with Crippen molar-refractivity contribution in [2.45, 2.75) is 12.2 Å². The molecule has 7 heteroatoms. The number of benzene rings is 2. The molecule has 1 aliphatic heterocycles. The van der Waals surface area contributed by atoms with Crippen LogP contribution in [0.5, 0.6) is 0 Å². The highest BCUT2D eigenvalue weighted by Crippen LogP contribution is 2.45. The first-order valence-corrected chi connectivity index (χ1v) is 9.70. The molecule has 1 N–H and O–H groups in total. The molecule has 0 spiro atoms. The van der Waals surface area contributed by atoms with Crippen LogP contribution in [0.4, 0.5) is 4.79 Å². The van der Waals surface area contributed by atoms with Crippen LogP contribution in [0.2, 0.25) is 0 Å². The van der Waals surface area contributed by atoms with Gasteiger partial charge < -0.3 is 19.5 Å². The summed E-state index contributed by atoms with van der Waals surface area (Å²) < 4.78 is 10.9. The highest BCUT2D eigenvalue weighted by atomic mass is 16.6. The first-order chi connectivity index (χ1) is 14.1. The largest absolute Gasteiger partial charge is 0.479 e. The average Bonchev–Trinajstić information content (AvgIpc) is 3.06. The first-order valence-electron chi connectivity index (χ1n) is 9.70. The second kappa shape index (κ2) is 8.23. The molecule has 1 aliphatic carbocycles. The van der Waals surface area contributed by atoms with Gasteiger partial charge in [0.25, 0.3) is 0 Å². The summed E-state index contributed by atoms with van der Waals surface area (Å²) in [6.07, 6.45) is -1.61. The Balaban J connectivity index is 1.40. The van der Waals surface area contributed by atoms with E-state index >= 15 is 0 Å². The highest BCUT2D eigenvalue weighted by Gasteiger charge is 2.33. The van der Waals surface area contributed by atoms with Crippen molar-refractivity contribution in [3.8, 4) is 11.1 Å². The van der Waals surface area contributed by atoms with Crippen molar-refractivity contribution in [3.63, 3.8) is 0 Å². The van der Waals surface area contributed by atoms with Crippen LogP contribution in [0.3, 0.4) is 0 Å². The second-order valence-electron chi connectivity index (χ2n) is 7.29. The van der Waals surface area contributed by atoms with Crippen LogP contribution in [-0.4, -0.2) is 72.9 Å². The third-order valence-corrected chi connectivity index (χ3v) is 5.61. The number of piperazine rings is 1. The molecule has 0 radical (unpaired) electrons. The van der Waals surface area contributed by atoms with Crippen molar-refractivity contribution in [1.82, 2.24) is 9.80 Å². The van der Waals surface area contributed by atoms with Gasteiger partial charge in [0, 0.05) is 51.0 Å². The molecule has 1 saturated heterocycles. The van der Waals surface area contributed by atoms with Crippen molar-refractivity contribution in [1.29, 1.82) is 0 Å². The predicted octanol–water partition coefficient (Wildman–Crippen LogP) is 2.61. The zero-order chi connectivity index (χ0) is 20.4. The van der Waals surface area contributed by atoms with E-state index in [4.69, 9.17) is 14.6 Å². The number of nitrogens with zero attached hydrogens (tertiary/aromatic N) is 2. The zero-order valence-electron chi connectivity index (χ0n) is 16.3. The van der Waals surface area contributed by atoms with Gasteiger partial charge in [-0.15, -0.1) is 0 Å². The summed E-state index contributed by atoms with van der Waals surface area (Å²) in [5, 5.41) is 9.13. The fourth-order valence-electron chi connectivity index (χ4n) is 4.01. The summed E-state index contributed by atoms with van der Waals surface area (Å²) in [6, 6.07) is 16.0. The van der Waals surface area contributed by atoms with Crippen LogP contribution in [-0.2, 0) is 14.3 Å². The minimum absolute atomic E-state index is 0.304. The lowest BCUT2D eigenvalue weighted by atomic mass is 10.1. The number of carbonyl (C=O) groups is 2. The zero-order valence-corrected chi connectivity index (χ0v) is 16.3. The molecule has 29 heavy (non-hydrogen) atoms. The summed E-state index contributed by atoms with van der Waals surface area (Å²) in [5.74, 6) is -0.979. The standard InChI is InChI=1S/C22H24N2O5/c1-28-19(21(25)26)14-23-10-12-24(13-11-23)22(27)29-20-17-8-4-2-6-15(17)16-7-3-5-9-18(16)20/h2-9,19-20H,10-14H2,1H3,(H,25,26). The Morgan fingerprint density at radius 3 is 2.07 bits per heavy atom. The number of aliphatic carboxylic acids is 1. The lowest BCUT2D eigenvalue weighted by Crippen LogP contribution is -2.51. The maximum atomic E-state index is 12.8. The van der Waals surface area contributed by atoms with Gasteiger partial charge >= 0.3 is 12.1 Å². The molecule has 1 unspecified atom stereocenters. The van der Waals surface area contributed by atoms with Gasteiger partial charge in [0.05, 0.1) is 0 Å². The summed E-state index contributed by atoms with van der Waals surface area (Å²) in [5.41, 5.74) is 4.21.